The van der Waals surface area contributed by atoms with Crippen molar-refractivity contribution in [1.29, 1.82) is 0 Å². The summed E-state index contributed by atoms with van der Waals surface area (Å²) >= 11 is 0. The van der Waals surface area contributed by atoms with Gasteiger partial charge in [0.2, 0.25) is 5.91 Å². The van der Waals surface area contributed by atoms with Gasteiger partial charge in [-0.2, -0.15) is 0 Å². The fraction of sp³-hybridized carbons (Fsp3) is 0.929. The molecule has 0 bridgehead atoms. The van der Waals surface area contributed by atoms with Crippen LogP contribution in [0.3, 0.4) is 0 Å². The number of aliphatic hydroxyl groups excluding tert-OH is 1. The Labute approximate surface area is 106 Å². The zero-order chi connectivity index (χ0) is 12.9. The third-order valence-corrected chi connectivity index (χ3v) is 3.01. The third-order valence-electron chi connectivity index (χ3n) is 3.01. The fourth-order valence-corrected chi connectivity index (χ4v) is 1.75. The molecule has 0 aliphatic rings. The minimum Gasteiger partial charge on any atom is -0.396 e. The predicted octanol–water partition coefficient (Wildman–Crippen LogP) is 2.87. The Kier molecular flexibility index (Phi) is 11.5. The predicted molar refractivity (Wildman–Crippen MR) is 71.9 cm³/mol. The van der Waals surface area contributed by atoms with Crippen LogP contribution in [0.15, 0.2) is 0 Å². The van der Waals surface area contributed by atoms with Crippen molar-refractivity contribution in [1.82, 2.24) is 5.32 Å². The van der Waals surface area contributed by atoms with Crippen LogP contribution in [0.2, 0.25) is 0 Å². The number of rotatable bonds is 11. The summed E-state index contributed by atoms with van der Waals surface area (Å²) in [6.45, 7) is 5.21. The molecule has 1 amide bonds. The molecule has 102 valence electrons. The van der Waals surface area contributed by atoms with Gasteiger partial charge in [0.1, 0.15) is 0 Å². The van der Waals surface area contributed by atoms with Gasteiger partial charge in [0, 0.05) is 19.6 Å². The van der Waals surface area contributed by atoms with Gasteiger partial charge in [0.05, 0.1) is 0 Å². The van der Waals surface area contributed by atoms with Crippen molar-refractivity contribution < 1.29 is 9.90 Å². The van der Waals surface area contributed by atoms with Crippen LogP contribution in [0.5, 0.6) is 0 Å². The van der Waals surface area contributed by atoms with Crippen molar-refractivity contribution >= 4 is 5.91 Å². The molecule has 3 nitrogen and oxygen atoms in total. The average molecular weight is 243 g/mol. The van der Waals surface area contributed by atoms with Crippen LogP contribution in [0.25, 0.3) is 0 Å². The van der Waals surface area contributed by atoms with Gasteiger partial charge >= 0.3 is 0 Å². The molecule has 0 rings (SSSR count). The minimum absolute atomic E-state index is 0.179. The van der Waals surface area contributed by atoms with Crippen molar-refractivity contribution in [3.05, 3.63) is 0 Å². The Balaban J connectivity index is 3.23. The van der Waals surface area contributed by atoms with E-state index in [9.17, 15) is 4.79 Å². The zero-order valence-electron chi connectivity index (χ0n) is 11.5. The number of nitrogens with one attached hydrogen (secondary N) is 1. The molecule has 2 N–H and O–H groups in total. The summed E-state index contributed by atoms with van der Waals surface area (Å²) in [6.07, 6.45) is 8.56. The highest BCUT2D eigenvalue weighted by atomic mass is 16.3. The smallest absolute Gasteiger partial charge is 0.219 e. The van der Waals surface area contributed by atoms with E-state index in [2.05, 4.69) is 12.2 Å². The van der Waals surface area contributed by atoms with E-state index < -0.39 is 0 Å². The second-order valence-corrected chi connectivity index (χ2v) is 4.94. The van der Waals surface area contributed by atoms with Gasteiger partial charge in [-0.25, -0.2) is 0 Å². The van der Waals surface area contributed by atoms with Gasteiger partial charge in [-0.3, -0.25) is 4.79 Å². The molecule has 1 atom stereocenters. The Morgan fingerprint density at radius 1 is 1.18 bits per heavy atom. The maximum Gasteiger partial charge on any atom is 0.219 e. The van der Waals surface area contributed by atoms with Crippen molar-refractivity contribution in [2.75, 3.05) is 13.2 Å². The lowest BCUT2D eigenvalue weighted by molar-refractivity contribution is -0.121. The minimum atomic E-state index is 0.179. The highest BCUT2D eigenvalue weighted by Gasteiger charge is 2.02. The third kappa shape index (κ3) is 11.7. The van der Waals surface area contributed by atoms with E-state index >= 15 is 0 Å². The molecule has 1 unspecified atom stereocenters. The van der Waals surface area contributed by atoms with E-state index in [1.165, 1.54) is 25.7 Å². The summed E-state index contributed by atoms with van der Waals surface area (Å²) in [6, 6.07) is 0. The summed E-state index contributed by atoms with van der Waals surface area (Å²) in [5, 5.41) is 11.8. The molecule has 0 aromatic carbocycles. The first-order chi connectivity index (χ1) is 8.20. The summed E-state index contributed by atoms with van der Waals surface area (Å²) < 4.78 is 0. The second kappa shape index (κ2) is 11.9. The molecule has 0 saturated carbocycles. The largest absolute Gasteiger partial charge is 0.396 e. The SMILES string of the molecule is CCCCCCCC(=O)NCCCC(C)CO. The average Bonchev–Trinajstić information content (AvgIpc) is 2.34. The monoisotopic (exact) mass is 243 g/mol. The summed E-state index contributed by atoms with van der Waals surface area (Å²) in [5.74, 6) is 0.527. The van der Waals surface area contributed by atoms with Gasteiger partial charge in [0.15, 0.2) is 0 Å². The number of carbonyl (C=O) groups excluding carboxylic acids is 1. The highest BCUT2D eigenvalue weighted by molar-refractivity contribution is 5.75. The van der Waals surface area contributed by atoms with Crippen LogP contribution in [-0.4, -0.2) is 24.2 Å². The fourth-order valence-electron chi connectivity index (χ4n) is 1.75. The Morgan fingerprint density at radius 3 is 2.53 bits per heavy atom. The van der Waals surface area contributed by atoms with Crippen molar-refractivity contribution in [3.8, 4) is 0 Å². The standard InChI is InChI=1S/C14H29NO2/c1-3-4-5-6-7-10-14(17)15-11-8-9-13(2)12-16/h13,16H,3-12H2,1-2H3,(H,15,17). The Hall–Kier alpha value is -0.570. The van der Waals surface area contributed by atoms with Crippen LogP contribution in [-0.2, 0) is 4.79 Å². The van der Waals surface area contributed by atoms with E-state index in [1.807, 2.05) is 6.92 Å². The molecule has 17 heavy (non-hydrogen) atoms. The van der Waals surface area contributed by atoms with Crippen molar-refractivity contribution in [2.45, 2.75) is 65.2 Å². The topological polar surface area (TPSA) is 49.3 Å². The van der Waals surface area contributed by atoms with Crippen molar-refractivity contribution in [3.63, 3.8) is 0 Å². The molecule has 0 fully saturated rings. The van der Waals surface area contributed by atoms with E-state index in [-0.39, 0.29) is 12.5 Å². The summed E-state index contributed by atoms with van der Waals surface area (Å²) in [7, 11) is 0. The quantitative estimate of drug-likeness (QED) is 0.548. The van der Waals surface area contributed by atoms with Crippen LogP contribution in [0.1, 0.15) is 65.2 Å². The van der Waals surface area contributed by atoms with Crippen LogP contribution in [0.4, 0.5) is 0 Å². The maximum atomic E-state index is 11.4. The summed E-state index contributed by atoms with van der Waals surface area (Å²) in [5.41, 5.74) is 0. The summed E-state index contributed by atoms with van der Waals surface area (Å²) in [4.78, 5) is 11.4. The zero-order valence-corrected chi connectivity index (χ0v) is 11.5. The van der Waals surface area contributed by atoms with E-state index in [0.29, 0.717) is 12.3 Å². The van der Waals surface area contributed by atoms with Gasteiger partial charge in [-0.05, 0) is 25.2 Å². The molecule has 0 aliphatic carbocycles. The van der Waals surface area contributed by atoms with E-state index in [4.69, 9.17) is 5.11 Å². The highest BCUT2D eigenvalue weighted by Crippen LogP contribution is 2.05. The number of aliphatic hydroxyl groups is 1. The lowest BCUT2D eigenvalue weighted by Gasteiger charge is -2.08. The van der Waals surface area contributed by atoms with Crippen LogP contribution >= 0.6 is 0 Å². The van der Waals surface area contributed by atoms with E-state index in [1.54, 1.807) is 0 Å². The molecular formula is C14H29NO2. The molecule has 0 spiro atoms. The molecule has 0 heterocycles. The maximum absolute atomic E-state index is 11.4. The number of hydrogen-bond donors (Lipinski definition) is 2. The van der Waals surface area contributed by atoms with E-state index in [0.717, 1.165) is 25.8 Å². The van der Waals surface area contributed by atoms with Gasteiger partial charge in [-0.1, -0.05) is 39.5 Å². The molecule has 0 aromatic heterocycles. The first-order valence-corrected chi connectivity index (χ1v) is 7.08. The first-order valence-electron chi connectivity index (χ1n) is 7.08. The molecule has 0 aliphatic heterocycles. The normalized spacial score (nSPS) is 12.4. The molecular weight excluding hydrogens is 214 g/mol. The lowest BCUT2D eigenvalue weighted by atomic mass is 10.1. The number of amides is 1. The molecule has 0 aromatic rings. The van der Waals surface area contributed by atoms with Crippen LogP contribution in [0, 0.1) is 5.92 Å². The van der Waals surface area contributed by atoms with Gasteiger partial charge in [0.25, 0.3) is 0 Å². The van der Waals surface area contributed by atoms with Gasteiger partial charge < -0.3 is 10.4 Å². The Morgan fingerprint density at radius 2 is 1.88 bits per heavy atom. The molecule has 0 saturated heterocycles. The first kappa shape index (κ1) is 16.4. The lowest BCUT2D eigenvalue weighted by Crippen LogP contribution is -2.24. The molecule has 0 radical (unpaired) electrons. The number of unbranched alkanes of at least 4 members (excludes halogenated alkanes) is 4. The Bertz CT molecular complexity index is 183. The second-order valence-electron chi connectivity index (χ2n) is 4.94. The van der Waals surface area contributed by atoms with Crippen LogP contribution < -0.4 is 5.32 Å². The number of carbonyl (C=O) groups is 1. The number of hydrogen-bond acceptors (Lipinski definition) is 2. The van der Waals surface area contributed by atoms with Crippen molar-refractivity contribution in [2.24, 2.45) is 5.92 Å². The van der Waals surface area contributed by atoms with Gasteiger partial charge in [-0.15, -0.1) is 0 Å². The molecule has 3 heteroatoms.